The first-order valence-electron chi connectivity index (χ1n) is 6.33. The van der Waals surface area contributed by atoms with Crippen molar-refractivity contribution in [2.75, 3.05) is 30.4 Å². The number of hydrogen-bond acceptors (Lipinski definition) is 3. The molecule has 0 heterocycles. The highest BCUT2D eigenvalue weighted by Crippen LogP contribution is 2.19. The molecular weight excluding hydrogens is 228 g/mol. The van der Waals surface area contributed by atoms with Crippen molar-refractivity contribution in [2.24, 2.45) is 0 Å². The molecule has 0 unspecified atom stereocenters. The molecule has 1 rings (SSSR count). The molecule has 0 aliphatic heterocycles. The Labute approximate surface area is 109 Å². The summed E-state index contributed by atoms with van der Waals surface area (Å²) in [7, 11) is 0. The van der Waals surface area contributed by atoms with Crippen LogP contribution in [0, 0.1) is 6.92 Å². The van der Waals surface area contributed by atoms with Gasteiger partial charge in [0.05, 0.1) is 6.61 Å². The van der Waals surface area contributed by atoms with E-state index in [0.29, 0.717) is 6.61 Å². The molecule has 2 N–H and O–H groups in total. The average molecular weight is 250 g/mol. The third-order valence-corrected chi connectivity index (χ3v) is 2.47. The van der Waals surface area contributed by atoms with E-state index in [1.807, 2.05) is 25.1 Å². The Morgan fingerprint density at radius 2 is 2.11 bits per heavy atom. The Balaban J connectivity index is 2.50. The molecule has 0 aliphatic carbocycles. The number of rotatable bonds is 7. The van der Waals surface area contributed by atoms with E-state index < -0.39 is 0 Å². The first-order chi connectivity index (χ1) is 8.63. The van der Waals surface area contributed by atoms with Crippen molar-refractivity contribution in [2.45, 2.75) is 27.2 Å². The molecule has 0 bridgehead atoms. The monoisotopic (exact) mass is 250 g/mol. The predicted molar refractivity (Wildman–Crippen MR) is 75.1 cm³/mol. The Hall–Kier alpha value is -1.55. The van der Waals surface area contributed by atoms with Gasteiger partial charge in [0.25, 0.3) is 0 Å². The van der Waals surface area contributed by atoms with Crippen molar-refractivity contribution < 1.29 is 9.53 Å². The summed E-state index contributed by atoms with van der Waals surface area (Å²) in [5, 5.41) is 6.08. The zero-order valence-corrected chi connectivity index (χ0v) is 11.4. The van der Waals surface area contributed by atoms with Gasteiger partial charge < -0.3 is 15.4 Å². The van der Waals surface area contributed by atoms with Gasteiger partial charge in [0.15, 0.2) is 0 Å². The number of carbonyl (C=O) groups excluding carboxylic acids is 1. The average Bonchev–Trinajstić information content (AvgIpc) is 2.32. The summed E-state index contributed by atoms with van der Waals surface area (Å²) >= 11 is 0. The number of hydrogen-bond donors (Lipinski definition) is 2. The van der Waals surface area contributed by atoms with Gasteiger partial charge >= 0.3 is 0 Å². The Bertz CT molecular complexity index is 391. The van der Waals surface area contributed by atoms with Crippen LogP contribution in [0.2, 0.25) is 0 Å². The number of amides is 1. The molecule has 4 heteroatoms. The minimum Gasteiger partial charge on any atom is -0.382 e. The van der Waals surface area contributed by atoms with E-state index in [0.717, 1.165) is 36.5 Å². The molecule has 0 saturated carbocycles. The molecule has 4 nitrogen and oxygen atoms in total. The SMILES string of the molecule is CCCOCCNc1cc(NC(C)=O)ccc1C. The molecule has 1 amide bonds. The summed E-state index contributed by atoms with van der Waals surface area (Å²) in [6.07, 6.45) is 1.04. The number of anilines is 2. The van der Waals surface area contributed by atoms with Gasteiger partial charge in [-0.3, -0.25) is 4.79 Å². The van der Waals surface area contributed by atoms with Gasteiger partial charge in [-0.1, -0.05) is 13.0 Å². The minimum absolute atomic E-state index is 0.0592. The van der Waals surface area contributed by atoms with Gasteiger partial charge in [0.1, 0.15) is 0 Å². The van der Waals surface area contributed by atoms with Crippen LogP contribution in [0.1, 0.15) is 25.8 Å². The Kier molecular flexibility index (Phi) is 6.22. The molecule has 0 radical (unpaired) electrons. The zero-order valence-electron chi connectivity index (χ0n) is 11.4. The van der Waals surface area contributed by atoms with Crippen LogP contribution in [0.3, 0.4) is 0 Å². The minimum atomic E-state index is -0.0592. The fourth-order valence-corrected chi connectivity index (χ4v) is 1.60. The van der Waals surface area contributed by atoms with Crippen molar-refractivity contribution in [1.29, 1.82) is 0 Å². The van der Waals surface area contributed by atoms with E-state index in [1.165, 1.54) is 6.92 Å². The first kappa shape index (κ1) is 14.5. The van der Waals surface area contributed by atoms with Crippen molar-refractivity contribution in [3.8, 4) is 0 Å². The number of carbonyl (C=O) groups is 1. The molecule has 100 valence electrons. The highest BCUT2D eigenvalue weighted by atomic mass is 16.5. The Morgan fingerprint density at radius 3 is 2.78 bits per heavy atom. The van der Waals surface area contributed by atoms with Crippen LogP contribution in [0.5, 0.6) is 0 Å². The van der Waals surface area contributed by atoms with Crippen LogP contribution < -0.4 is 10.6 Å². The lowest BCUT2D eigenvalue weighted by Crippen LogP contribution is -2.11. The highest BCUT2D eigenvalue weighted by molar-refractivity contribution is 5.89. The predicted octanol–water partition coefficient (Wildman–Crippen LogP) is 2.79. The molecule has 18 heavy (non-hydrogen) atoms. The van der Waals surface area contributed by atoms with Crippen LogP contribution in [0.4, 0.5) is 11.4 Å². The molecule has 1 aromatic carbocycles. The standard InChI is InChI=1S/C14H22N2O2/c1-4-8-18-9-7-15-14-10-13(16-12(3)17)6-5-11(14)2/h5-6,10,15H,4,7-9H2,1-3H3,(H,16,17). The summed E-state index contributed by atoms with van der Waals surface area (Å²) in [6.45, 7) is 7.89. The second-order valence-corrected chi connectivity index (χ2v) is 4.25. The van der Waals surface area contributed by atoms with Gasteiger partial charge in [-0.25, -0.2) is 0 Å². The van der Waals surface area contributed by atoms with E-state index in [1.54, 1.807) is 0 Å². The maximum absolute atomic E-state index is 11.0. The van der Waals surface area contributed by atoms with E-state index in [-0.39, 0.29) is 5.91 Å². The van der Waals surface area contributed by atoms with E-state index in [2.05, 4.69) is 17.6 Å². The second kappa shape index (κ2) is 7.71. The molecular formula is C14H22N2O2. The van der Waals surface area contributed by atoms with Gasteiger partial charge in [-0.05, 0) is 31.0 Å². The zero-order chi connectivity index (χ0) is 13.4. The van der Waals surface area contributed by atoms with E-state index in [4.69, 9.17) is 4.74 Å². The third-order valence-electron chi connectivity index (χ3n) is 2.47. The smallest absolute Gasteiger partial charge is 0.221 e. The molecule has 0 atom stereocenters. The second-order valence-electron chi connectivity index (χ2n) is 4.25. The topological polar surface area (TPSA) is 50.4 Å². The van der Waals surface area contributed by atoms with E-state index in [9.17, 15) is 4.79 Å². The number of benzene rings is 1. The highest BCUT2D eigenvalue weighted by Gasteiger charge is 2.01. The third kappa shape index (κ3) is 5.19. The van der Waals surface area contributed by atoms with Crippen molar-refractivity contribution >= 4 is 17.3 Å². The lowest BCUT2D eigenvalue weighted by Gasteiger charge is -2.12. The molecule has 0 aromatic heterocycles. The fraction of sp³-hybridized carbons (Fsp3) is 0.500. The number of nitrogens with one attached hydrogen (secondary N) is 2. The first-order valence-corrected chi connectivity index (χ1v) is 6.33. The molecule has 0 spiro atoms. The lowest BCUT2D eigenvalue weighted by atomic mass is 10.2. The molecule has 0 fully saturated rings. The maximum Gasteiger partial charge on any atom is 0.221 e. The summed E-state index contributed by atoms with van der Waals surface area (Å²) in [5.41, 5.74) is 2.99. The van der Waals surface area contributed by atoms with Gasteiger partial charge in [0, 0.05) is 31.5 Å². The van der Waals surface area contributed by atoms with Gasteiger partial charge in [-0.2, -0.15) is 0 Å². The largest absolute Gasteiger partial charge is 0.382 e. The normalized spacial score (nSPS) is 10.2. The number of ether oxygens (including phenoxy) is 1. The van der Waals surface area contributed by atoms with Crippen LogP contribution in [0.15, 0.2) is 18.2 Å². The van der Waals surface area contributed by atoms with Crippen molar-refractivity contribution in [1.82, 2.24) is 0 Å². The van der Waals surface area contributed by atoms with Crippen molar-refractivity contribution in [3.05, 3.63) is 23.8 Å². The quantitative estimate of drug-likeness (QED) is 0.732. The fourth-order valence-electron chi connectivity index (χ4n) is 1.60. The summed E-state index contributed by atoms with van der Waals surface area (Å²) in [6, 6.07) is 5.83. The van der Waals surface area contributed by atoms with Crippen LogP contribution in [0.25, 0.3) is 0 Å². The van der Waals surface area contributed by atoms with Gasteiger partial charge in [0.2, 0.25) is 5.91 Å². The van der Waals surface area contributed by atoms with Gasteiger partial charge in [-0.15, -0.1) is 0 Å². The molecule has 0 saturated heterocycles. The maximum atomic E-state index is 11.0. The summed E-state index contributed by atoms with van der Waals surface area (Å²) in [4.78, 5) is 11.0. The van der Waals surface area contributed by atoms with Crippen LogP contribution in [-0.2, 0) is 9.53 Å². The van der Waals surface area contributed by atoms with Crippen molar-refractivity contribution in [3.63, 3.8) is 0 Å². The summed E-state index contributed by atoms with van der Waals surface area (Å²) < 4.78 is 5.41. The summed E-state index contributed by atoms with van der Waals surface area (Å²) in [5.74, 6) is -0.0592. The lowest BCUT2D eigenvalue weighted by molar-refractivity contribution is -0.114. The van der Waals surface area contributed by atoms with Crippen LogP contribution in [-0.4, -0.2) is 25.7 Å². The number of aryl methyl sites for hydroxylation is 1. The van der Waals surface area contributed by atoms with Crippen LogP contribution >= 0.6 is 0 Å². The Morgan fingerprint density at radius 1 is 1.33 bits per heavy atom. The van der Waals surface area contributed by atoms with E-state index >= 15 is 0 Å². The molecule has 1 aromatic rings. The molecule has 0 aliphatic rings.